The van der Waals surface area contributed by atoms with Crippen LogP contribution in [0.3, 0.4) is 0 Å². The van der Waals surface area contributed by atoms with Gasteiger partial charge in [0.25, 0.3) is 30.4 Å². The van der Waals surface area contributed by atoms with Crippen LogP contribution in [0.2, 0.25) is 0 Å². The minimum Gasteiger partial charge on any atom is -0.478 e. The number of fused-ring (bicyclic) bond motifs is 2. The highest BCUT2D eigenvalue weighted by molar-refractivity contribution is 7.86. The van der Waals surface area contributed by atoms with Gasteiger partial charge < -0.3 is 16.2 Å². The number of nitrogen functional groups attached to an aromatic ring is 1. The predicted octanol–water partition coefficient (Wildman–Crippen LogP) is 4.38. The molecule has 19 nitrogen and oxygen atoms in total. The summed E-state index contributed by atoms with van der Waals surface area (Å²) in [4.78, 5) is 22.1. The molecule has 0 saturated heterocycles. The number of hydrogen-bond acceptors (Lipinski definition) is 14. The van der Waals surface area contributed by atoms with E-state index in [9.17, 15) is 48.8 Å². The van der Waals surface area contributed by atoms with Crippen molar-refractivity contribution in [2.45, 2.75) is 28.0 Å². The minimum atomic E-state index is -5.08. The Hall–Kier alpha value is -5.78. The van der Waals surface area contributed by atoms with E-state index < -0.39 is 56.7 Å². The van der Waals surface area contributed by atoms with E-state index in [-0.39, 0.29) is 68.7 Å². The van der Waals surface area contributed by atoms with Crippen LogP contribution in [-0.4, -0.2) is 75.7 Å². The summed E-state index contributed by atoms with van der Waals surface area (Å²) in [5.74, 6) is -1.86. The van der Waals surface area contributed by atoms with Crippen LogP contribution >= 0.6 is 0 Å². The molecule has 0 fully saturated rings. The normalized spacial score (nSPS) is 15.5. The van der Waals surface area contributed by atoms with Gasteiger partial charge in [0.05, 0.1) is 29.4 Å². The molecule has 0 bridgehead atoms. The number of azo groups is 1. The third kappa shape index (κ3) is 7.19. The summed E-state index contributed by atoms with van der Waals surface area (Å²) in [6, 6.07) is 12.1. The summed E-state index contributed by atoms with van der Waals surface area (Å²) in [6.45, 7) is 1.79. The molecule has 4 aromatic carbocycles. The van der Waals surface area contributed by atoms with E-state index in [1.807, 2.05) is 0 Å². The molecule has 0 saturated carbocycles. The SMILES string of the molecule is CC1C=[N+](c2nc(N)nc(Nc3ccc(N=Nc4ccc5c(S(=O)(=O)O)cccc5c4S(=O)(=O)O)c4cccc(S(=O)(=O)O)c34)n2)C=C(C(=O)O)C1. The first-order chi connectivity index (χ1) is 24.3. The van der Waals surface area contributed by atoms with Crippen LogP contribution in [0.25, 0.3) is 21.5 Å². The van der Waals surface area contributed by atoms with Gasteiger partial charge >= 0.3 is 23.8 Å². The number of benzene rings is 4. The maximum absolute atomic E-state index is 12.5. The van der Waals surface area contributed by atoms with Gasteiger partial charge in [0.2, 0.25) is 0 Å². The summed E-state index contributed by atoms with van der Waals surface area (Å²) >= 11 is 0. The van der Waals surface area contributed by atoms with Gasteiger partial charge in [-0.2, -0.15) is 25.3 Å². The van der Waals surface area contributed by atoms with Crippen LogP contribution in [0.5, 0.6) is 0 Å². The number of nitrogens with one attached hydrogen (secondary N) is 1. The molecular weight excluding hydrogens is 745 g/mol. The van der Waals surface area contributed by atoms with Crippen LogP contribution in [0, 0.1) is 5.92 Å². The Labute approximate surface area is 294 Å². The van der Waals surface area contributed by atoms with Gasteiger partial charge in [-0.05, 0) is 46.7 Å². The quantitative estimate of drug-likeness (QED) is 0.0688. The molecule has 52 heavy (non-hydrogen) atoms. The van der Waals surface area contributed by atoms with Crippen LogP contribution in [0.15, 0.2) is 97.4 Å². The van der Waals surface area contributed by atoms with Crippen LogP contribution < -0.4 is 11.1 Å². The minimum absolute atomic E-state index is 0.0126. The highest BCUT2D eigenvalue weighted by Gasteiger charge is 2.27. The molecular formula is C30H25N8O11S3+. The van der Waals surface area contributed by atoms with Crippen molar-refractivity contribution in [3.05, 3.63) is 72.4 Å². The molecule has 1 aromatic heterocycles. The lowest BCUT2D eigenvalue weighted by Crippen LogP contribution is -2.20. The number of hydrogen-bond donors (Lipinski definition) is 6. The van der Waals surface area contributed by atoms with E-state index in [1.54, 1.807) is 13.1 Å². The monoisotopic (exact) mass is 769 g/mol. The third-order valence-electron chi connectivity index (χ3n) is 7.65. The number of aliphatic carboxylic acids is 1. The van der Waals surface area contributed by atoms with E-state index in [2.05, 4.69) is 30.5 Å². The van der Waals surface area contributed by atoms with E-state index >= 15 is 0 Å². The molecule has 1 unspecified atom stereocenters. The first-order valence-electron chi connectivity index (χ1n) is 14.6. The Kier molecular flexibility index (Phi) is 9.06. The van der Waals surface area contributed by atoms with Gasteiger partial charge in [-0.25, -0.2) is 9.37 Å². The Bertz CT molecular complexity index is 2790. The Morgan fingerprint density at radius 1 is 0.808 bits per heavy atom. The zero-order chi connectivity index (χ0) is 37.7. The fourth-order valence-corrected chi connectivity index (χ4v) is 7.88. The van der Waals surface area contributed by atoms with Crippen molar-refractivity contribution in [2.24, 2.45) is 16.1 Å². The molecule has 0 aliphatic carbocycles. The third-order valence-corrected chi connectivity index (χ3v) is 10.4. The number of carboxylic acids is 1. The molecule has 0 spiro atoms. The van der Waals surface area contributed by atoms with Crippen LogP contribution in [0.4, 0.5) is 34.9 Å². The summed E-state index contributed by atoms with van der Waals surface area (Å²) in [5, 5.41) is 19.8. The second-order valence-electron chi connectivity index (χ2n) is 11.3. The van der Waals surface area contributed by atoms with Gasteiger partial charge in [-0.3, -0.25) is 13.7 Å². The molecule has 6 rings (SSSR count). The topological polar surface area (TPSA) is 305 Å². The predicted molar refractivity (Wildman–Crippen MR) is 185 cm³/mol. The van der Waals surface area contributed by atoms with Crippen molar-refractivity contribution in [2.75, 3.05) is 11.1 Å². The summed E-state index contributed by atoms with van der Waals surface area (Å²) in [7, 11) is -14.8. The van der Waals surface area contributed by atoms with Gasteiger partial charge in [0, 0.05) is 27.5 Å². The molecule has 5 aromatic rings. The molecule has 0 amide bonds. The number of nitrogens with zero attached hydrogens (tertiary/aromatic N) is 6. The van der Waals surface area contributed by atoms with Gasteiger partial charge in [0.15, 0.2) is 0 Å². The summed E-state index contributed by atoms with van der Waals surface area (Å²) in [5.41, 5.74) is 5.54. The molecule has 22 heteroatoms. The second-order valence-corrected chi connectivity index (χ2v) is 15.5. The maximum Gasteiger partial charge on any atom is 0.444 e. The van der Waals surface area contributed by atoms with E-state index in [0.29, 0.717) is 0 Å². The number of carboxylic acid groups (broad SMARTS) is 1. The Balaban J connectivity index is 1.49. The highest BCUT2D eigenvalue weighted by Crippen LogP contribution is 2.40. The van der Waals surface area contributed by atoms with Gasteiger partial charge in [-0.1, -0.05) is 37.3 Å². The smallest absolute Gasteiger partial charge is 0.444 e. The largest absolute Gasteiger partial charge is 0.478 e. The molecule has 1 aliphatic heterocycles. The Morgan fingerprint density at radius 2 is 1.44 bits per heavy atom. The fourth-order valence-electron chi connectivity index (χ4n) is 5.61. The highest BCUT2D eigenvalue weighted by atomic mass is 32.2. The van der Waals surface area contributed by atoms with Crippen molar-refractivity contribution in [1.29, 1.82) is 0 Å². The van der Waals surface area contributed by atoms with Crippen LogP contribution in [-0.2, 0) is 35.1 Å². The number of carbonyl (C=O) groups is 1. The summed E-state index contributed by atoms with van der Waals surface area (Å²) < 4.78 is 105. The first-order valence-corrected chi connectivity index (χ1v) is 18.9. The van der Waals surface area contributed by atoms with Crippen molar-refractivity contribution in [3.8, 4) is 0 Å². The molecule has 1 aliphatic rings. The maximum atomic E-state index is 12.5. The number of nitrogens with two attached hydrogens (primary N) is 1. The fraction of sp³-hybridized carbons (Fsp3) is 0.100. The lowest BCUT2D eigenvalue weighted by atomic mass is 10.0. The number of anilines is 3. The molecule has 7 N–H and O–H groups in total. The average molecular weight is 770 g/mol. The zero-order valence-electron chi connectivity index (χ0n) is 26.3. The first kappa shape index (κ1) is 36.0. The number of aromatic nitrogens is 3. The van der Waals surface area contributed by atoms with Crippen molar-refractivity contribution in [1.82, 2.24) is 15.0 Å². The molecule has 0 radical (unpaired) electrons. The van der Waals surface area contributed by atoms with E-state index in [4.69, 9.17) is 5.73 Å². The Morgan fingerprint density at radius 3 is 2.10 bits per heavy atom. The molecule has 1 atom stereocenters. The van der Waals surface area contributed by atoms with Crippen molar-refractivity contribution >= 4 is 99.0 Å². The lowest BCUT2D eigenvalue weighted by Gasteiger charge is -2.14. The van der Waals surface area contributed by atoms with E-state index in [1.165, 1.54) is 41.1 Å². The second kappa shape index (κ2) is 13.1. The van der Waals surface area contributed by atoms with Gasteiger partial charge in [-0.15, -0.1) is 15.2 Å². The number of rotatable bonds is 9. The van der Waals surface area contributed by atoms with Gasteiger partial charge in [0.1, 0.15) is 20.4 Å². The zero-order valence-corrected chi connectivity index (χ0v) is 28.8. The van der Waals surface area contributed by atoms with Crippen molar-refractivity contribution in [3.63, 3.8) is 0 Å². The molecule has 268 valence electrons. The lowest BCUT2D eigenvalue weighted by molar-refractivity contribution is -0.370. The standard InChI is InChI=1S/C30H24N8O11S3/c1-15-12-16(27(39)40)14-38(13-15)30-34-28(31)33-29(35-30)32-21-11-10-20(19-5-3-7-24(25(19)21)51(44,45)46)36-37-22-9-8-17-18(26(22)52(47,48)49)4-2-6-23(17)50(41,42)43/h2-11,13-15H,12H2,1H3,(H6-,31,32,33,34,35,37,39,40,41,42,43,44,45,46,47,48,49)/p+1. The average Bonchev–Trinajstić information content (AvgIpc) is 3.05. The van der Waals surface area contributed by atoms with Crippen LogP contribution in [0.1, 0.15) is 13.3 Å². The molecule has 2 heterocycles. The van der Waals surface area contributed by atoms with E-state index in [0.717, 1.165) is 30.3 Å². The van der Waals surface area contributed by atoms with Crippen molar-refractivity contribution < 1.29 is 53.4 Å². The summed E-state index contributed by atoms with van der Waals surface area (Å²) in [6.07, 6.45) is 3.26.